The van der Waals surface area contributed by atoms with Gasteiger partial charge >= 0.3 is 0 Å². The molecule has 1 aliphatic heterocycles. The number of nitrogens with zero attached hydrogens (tertiary/aromatic N) is 1. The smallest absolute Gasteiger partial charge is 0.238 e. The van der Waals surface area contributed by atoms with Crippen LogP contribution in [0, 0.1) is 5.41 Å². The first-order valence-corrected chi connectivity index (χ1v) is 10.8. The highest BCUT2D eigenvalue weighted by atomic mass is 32.2. The quantitative estimate of drug-likeness (QED) is 0.712. The summed E-state index contributed by atoms with van der Waals surface area (Å²) in [6.45, 7) is 6.10. The normalized spacial score (nSPS) is 16.5. The van der Waals surface area contributed by atoms with Crippen molar-refractivity contribution in [1.29, 1.82) is 0 Å². The van der Waals surface area contributed by atoms with Gasteiger partial charge in [0.05, 0.1) is 25.7 Å². The number of methoxy groups -OCH3 is 2. The molecule has 0 aliphatic carbocycles. The number of benzene rings is 2. The molecule has 0 spiro atoms. The number of ether oxygens (including phenoxy) is 2. The second kappa shape index (κ2) is 9.00. The number of amides is 2. The first kappa shape index (κ1) is 22.0. The molecule has 2 amide bonds. The van der Waals surface area contributed by atoms with Crippen molar-refractivity contribution in [3.63, 3.8) is 0 Å². The number of hydrogen-bond donors (Lipinski definition) is 1. The van der Waals surface area contributed by atoms with Gasteiger partial charge < -0.3 is 14.8 Å². The molecule has 1 saturated heterocycles. The average Bonchev–Trinajstić information content (AvgIpc) is 3.07. The topological polar surface area (TPSA) is 67.9 Å². The summed E-state index contributed by atoms with van der Waals surface area (Å²) in [7, 11) is 3.17. The summed E-state index contributed by atoms with van der Waals surface area (Å²) in [6, 6.07) is 13.1. The Hall–Kier alpha value is -2.67. The summed E-state index contributed by atoms with van der Waals surface area (Å²) < 4.78 is 10.8. The molecule has 1 heterocycles. The first-order valence-electron chi connectivity index (χ1n) is 9.77. The predicted molar refractivity (Wildman–Crippen MR) is 121 cm³/mol. The van der Waals surface area contributed by atoms with Gasteiger partial charge in [0, 0.05) is 18.2 Å². The highest BCUT2D eigenvalue weighted by molar-refractivity contribution is 8.00. The van der Waals surface area contributed by atoms with Crippen LogP contribution in [0.1, 0.15) is 38.1 Å². The van der Waals surface area contributed by atoms with Crippen LogP contribution in [0.2, 0.25) is 0 Å². The Balaban J connectivity index is 1.81. The summed E-state index contributed by atoms with van der Waals surface area (Å²) in [5, 5.41) is 2.77. The third-order valence-corrected chi connectivity index (χ3v) is 5.90. The molecular formula is C23H28N2O4S. The Morgan fingerprint density at radius 3 is 2.43 bits per heavy atom. The number of carbonyl (C=O) groups is 2. The molecule has 2 aromatic rings. The maximum atomic E-state index is 12.7. The minimum absolute atomic E-state index is 0.00901. The Labute approximate surface area is 181 Å². The molecule has 160 valence electrons. The van der Waals surface area contributed by atoms with Crippen molar-refractivity contribution in [2.45, 2.75) is 32.6 Å². The molecule has 2 aromatic carbocycles. The Bertz CT molecular complexity index is 922. The zero-order chi connectivity index (χ0) is 21.9. The minimum atomic E-state index is -0.167. The standard InChI is InChI=1S/C23H28N2O4S/c1-23(2,3)13-20(26)24-16-8-6-15(7-9-16)22-25(21(27)14-30-22)18-11-10-17(28-4)12-19(18)29-5/h6-12,22H,13-14H2,1-5H3,(H,24,26). The van der Waals surface area contributed by atoms with Gasteiger partial charge in [-0.15, -0.1) is 11.8 Å². The van der Waals surface area contributed by atoms with Crippen molar-refractivity contribution in [2.24, 2.45) is 5.41 Å². The van der Waals surface area contributed by atoms with Gasteiger partial charge in [0.25, 0.3) is 0 Å². The summed E-state index contributed by atoms with van der Waals surface area (Å²) >= 11 is 1.57. The summed E-state index contributed by atoms with van der Waals surface area (Å²) in [4.78, 5) is 26.6. The van der Waals surface area contributed by atoms with Gasteiger partial charge in [-0.05, 0) is 35.2 Å². The molecular weight excluding hydrogens is 400 g/mol. The van der Waals surface area contributed by atoms with Crippen molar-refractivity contribution in [1.82, 2.24) is 0 Å². The van der Waals surface area contributed by atoms with Crippen LogP contribution in [0.15, 0.2) is 42.5 Å². The highest BCUT2D eigenvalue weighted by Crippen LogP contribution is 2.45. The summed E-state index contributed by atoms with van der Waals surface area (Å²) in [6.07, 6.45) is 0.451. The number of carbonyl (C=O) groups excluding carboxylic acids is 2. The van der Waals surface area contributed by atoms with Gasteiger partial charge in [0.1, 0.15) is 16.9 Å². The van der Waals surface area contributed by atoms with Crippen molar-refractivity contribution in [2.75, 3.05) is 30.2 Å². The second-order valence-electron chi connectivity index (χ2n) is 8.37. The van der Waals surface area contributed by atoms with Gasteiger partial charge in [0.2, 0.25) is 11.8 Å². The van der Waals surface area contributed by atoms with Gasteiger partial charge in [-0.25, -0.2) is 0 Å². The molecule has 1 aliphatic rings. The fourth-order valence-electron chi connectivity index (χ4n) is 3.33. The largest absolute Gasteiger partial charge is 0.497 e. The Morgan fingerprint density at radius 2 is 1.83 bits per heavy atom. The molecule has 0 radical (unpaired) electrons. The van der Waals surface area contributed by atoms with E-state index in [9.17, 15) is 9.59 Å². The number of anilines is 2. The van der Waals surface area contributed by atoms with E-state index in [1.807, 2.05) is 57.2 Å². The second-order valence-corrected chi connectivity index (χ2v) is 9.44. The third-order valence-electron chi connectivity index (χ3n) is 4.68. The van der Waals surface area contributed by atoms with E-state index in [0.29, 0.717) is 29.4 Å². The van der Waals surface area contributed by atoms with Gasteiger partial charge in [0.15, 0.2) is 0 Å². The average molecular weight is 429 g/mol. The van der Waals surface area contributed by atoms with Crippen LogP contribution in [0.5, 0.6) is 11.5 Å². The van der Waals surface area contributed by atoms with Crippen LogP contribution in [-0.4, -0.2) is 31.8 Å². The molecule has 6 nitrogen and oxygen atoms in total. The Morgan fingerprint density at radius 1 is 1.13 bits per heavy atom. The third kappa shape index (κ3) is 5.08. The van der Waals surface area contributed by atoms with Crippen LogP contribution in [0.25, 0.3) is 0 Å². The van der Waals surface area contributed by atoms with E-state index in [1.165, 1.54) is 0 Å². The predicted octanol–water partition coefficient (Wildman–Crippen LogP) is 4.86. The molecule has 1 unspecified atom stereocenters. The number of hydrogen-bond acceptors (Lipinski definition) is 5. The van der Waals surface area contributed by atoms with Gasteiger partial charge in [-0.2, -0.15) is 0 Å². The number of nitrogens with one attached hydrogen (secondary N) is 1. The minimum Gasteiger partial charge on any atom is -0.497 e. The molecule has 3 rings (SSSR count). The molecule has 1 fully saturated rings. The van der Waals surface area contributed by atoms with E-state index in [0.717, 1.165) is 11.3 Å². The first-order chi connectivity index (χ1) is 14.2. The maximum absolute atomic E-state index is 12.7. The lowest BCUT2D eigenvalue weighted by Crippen LogP contribution is -2.28. The zero-order valence-corrected chi connectivity index (χ0v) is 18.8. The van der Waals surface area contributed by atoms with Gasteiger partial charge in [-0.1, -0.05) is 32.9 Å². The van der Waals surface area contributed by atoms with E-state index >= 15 is 0 Å². The fraction of sp³-hybridized carbons (Fsp3) is 0.391. The number of rotatable bonds is 6. The molecule has 7 heteroatoms. The van der Waals surface area contributed by atoms with Crippen molar-refractivity contribution in [3.05, 3.63) is 48.0 Å². The molecule has 0 aromatic heterocycles. The summed E-state index contributed by atoms with van der Waals surface area (Å²) in [5.41, 5.74) is 2.37. The molecule has 0 saturated carbocycles. The lowest BCUT2D eigenvalue weighted by molar-refractivity contribution is -0.118. The van der Waals surface area contributed by atoms with Crippen LogP contribution in [0.3, 0.4) is 0 Å². The van der Waals surface area contributed by atoms with Crippen molar-refractivity contribution in [3.8, 4) is 11.5 Å². The van der Waals surface area contributed by atoms with Crippen LogP contribution in [0.4, 0.5) is 11.4 Å². The van der Waals surface area contributed by atoms with Crippen LogP contribution < -0.4 is 19.7 Å². The van der Waals surface area contributed by atoms with Crippen LogP contribution in [-0.2, 0) is 9.59 Å². The van der Waals surface area contributed by atoms with E-state index in [2.05, 4.69) is 5.32 Å². The van der Waals surface area contributed by atoms with E-state index in [1.54, 1.807) is 36.9 Å². The molecule has 0 bridgehead atoms. The van der Waals surface area contributed by atoms with E-state index < -0.39 is 0 Å². The monoisotopic (exact) mass is 428 g/mol. The van der Waals surface area contributed by atoms with Crippen molar-refractivity contribution >= 4 is 35.0 Å². The van der Waals surface area contributed by atoms with E-state index in [4.69, 9.17) is 9.47 Å². The fourth-order valence-corrected chi connectivity index (χ4v) is 4.50. The zero-order valence-electron chi connectivity index (χ0n) is 18.0. The number of thioether (sulfide) groups is 1. The van der Waals surface area contributed by atoms with Crippen molar-refractivity contribution < 1.29 is 19.1 Å². The Kier molecular flexibility index (Phi) is 6.61. The van der Waals surface area contributed by atoms with E-state index in [-0.39, 0.29) is 22.6 Å². The SMILES string of the molecule is COc1ccc(N2C(=O)CSC2c2ccc(NC(=O)CC(C)(C)C)cc2)c(OC)c1. The molecule has 30 heavy (non-hydrogen) atoms. The lowest BCUT2D eigenvalue weighted by Gasteiger charge is -2.26. The van der Waals surface area contributed by atoms with Crippen LogP contribution >= 0.6 is 11.8 Å². The van der Waals surface area contributed by atoms with Gasteiger partial charge in [-0.3, -0.25) is 14.5 Å². The maximum Gasteiger partial charge on any atom is 0.238 e. The summed E-state index contributed by atoms with van der Waals surface area (Å²) in [5.74, 6) is 1.66. The lowest BCUT2D eigenvalue weighted by atomic mass is 9.92. The molecule has 1 atom stereocenters. The molecule has 1 N–H and O–H groups in total. The highest BCUT2D eigenvalue weighted by Gasteiger charge is 2.35.